The third-order valence-corrected chi connectivity index (χ3v) is 4.11. The number of halogens is 2. The van der Waals surface area contributed by atoms with Gasteiger partial charge in [-0.15, -0.1) is 12.4 Å². The number of hydrogen-bond donors (Lipinski definition) is 1. The summed E-state index contributed by atoms with van der Waals surface area (Å²) in [5.74, 6) is 0.148. The minimum Gasteiger partial charge on any atom is -0.335 e. The van der Waals surface area contributed by atoms with Gasteiger partial charge in [-0.1, -0.05) is 42.6 Å². The van der Waals surface area contributed by atoms with Crippen LogP contribution in [0.5, 0.6) is 0 Å². The van der Waals surface area contributed by atoms with Crippen molar-refractivity contribution in [2.45, 2.75) is 44.7 Å². The minimum atomic E-state index is 0. The van der Waals surface area contributed by atoms with Crippen molar-refractivity contribution in [3.63, 3.8) is 0 Å². The summed E-state index contributed by atoms with van der Waals surface area (Å²) in [6.45, 7) is 1.01. The first kappa shape index (κ1) is 17.3. The van der Waals surface area contributed by atoms with E-state index in [-0.39, 0.29) is 18.3 Å². The molecule has 0 bridgehead atoms. The van der Waals surface area contributed by atoms with E-state index in [9.17, 15) is 4.79 Å². The minimum absolute atomic E-state index is 0. The molecule has 0 spiro atoms. The second-order valence-electron chi connectivity index (χ2n) is 5.09. The van der Waals surface area contributed by atoms with E-state index in [0.29, 0.717) is 25.6 Å². The van der Waals surface area contributed by atoms with Crippen molar-refractivity contribution in [3.05, 3.63) is 34.9 Å². The fourth-order valence-electron chi connectivity index (χ4n) is 2.71. The molecule has 1 aromatic rings. The van der Waals surface area contributed by atoms with E-state index >= 15 is 0 Å². The SMILES string of the molecule is Cl.NCCC(=O)N(Cc1ccccc1Cl)C1CCCC1. The zero-order valence-electron chi connectivity index (χ0n) is 11.6. The lowest BCUT2D eigenvalue weighted by atomic mass is 10.1. The van der Waals surface area contributed by atoms with E-state index in [2.05, 4.69) is 0 Å². The van der Waals surface area contributed by atoms with Crippen molar-refractivity contribution < 1.29 is 4.79 Å². The Morgan fingerprint density at radius 2 is 1.95 bits per heavy atom. The Morgan fingerprint density at radius 3 is 2.55 bits per heavy atom. The number of carbonyl (C=O) groups is 1. The normalized spacial score (nSPS) is 14.9. The largest absolute Gasteiger partial charge is 0.335 e. The van der Waals surface area contributed by atoms with Crippen LogP contribution in [0.2, 0.25) is 5.02 Å². The Morgan fingerprint density at radius 1 is 1.30 bits per heavy atom. The number of hydrogen-bond acceptors (Lipinski definition) is 2. The van der Waals surface area contributed by atoms with Gasteiger partial charge in [0.25, 0.3) is 0 Å². The van der Waals surface area contributed by atoms with Crippen LogP contribution in [0.3, 0.4) is 0 Å². The predicted octanol–water partition coefficient (Wildman–Crippen LogP) is 3.38. The number of nitrogens with zero attached hydrogens (tertiary/aromatic N) is 1. The smallest absolute Gasteiger partial charge is 0.224 e. The molecule has 1 aliphatic carbocycles. The maximum absolute atomic E-state index is 12.2. The number of benzene rings is 1. The van der Waals surface area contributed by atoms with Crippen LogP contribution in [-0.2, 0) is 11.3 Å². The highest BCUT2D eigenvalue weighted by atomic mass is 35.5. The van der Waals surface area contributed by atoms with E-state index < -0.39 is 0 Å². The Labute approximate surface area is 131 Å². The summed E-state index contributed by atoms with van der Waals surface area (Å²) in [4.78, 5) is 14.2. The lowest BCUT2D eigenvalue weighted by Gasteiger charge is -2.29. The highest BCUT2D eigenvalue weighted by Gasteiger charge is 2.26. The van der Waals surface area contributed by atoms with Gasteiger partial charge in [0.15, 0.2) is 0 Å². The number of amides is 1. The van der Waals surface area contributed by atoms with Gasteiger partial charge in [-0.3, -0.25) is 4.79 Å². The van der Waals surface area contributed by atoms with Crippen molar-refractivity contribution in [1.82, 2.24) is 4.90 Å². The summed E-state index contributed by atoms with van der Waals surface area (Å²) in [6.07, 6.45) is 5.03. The van der Waals surface area contributed by atoms with E-state index in [0.717, 1.165) is 23.4 Å². The fourth-order valence-corrected chi connectivity index (χ4v) is 2.91. The molecule has 1 saturated carbocycles. The summed E-state index contributed by atoms with van der Waals surface area (Å²) in [5, 5.41) is 0.728. The van der Waals surface area contributed by atoms with Gasteiger partial charge in [-0.25, -0.2) is 0 Å². The van der Waals surface area contributed by atoms with Gasteiger partial charge >= 0.3 is 0 Å². The fraction of sp³-hybridized carbons (Fsp3) is 0.533. The van der Waals surface area contributed by atoms with Gasteiger partial charge in [0.2, 0.25) is 5.91 Å². The Bertz CT molecular complexity index is 434. The van der Waals surface area contributed by atoms with E-state index in [1.807, 2.05) is 29.2 Å². The van der Waals surface area contributed by atoms with Crippen LogP contribution < -0.4 is 5.73 Å². The number of carbonyl (C=O) groups excluding carboxylic acids is 1. The summed E-state index contributed by atoms with van der Waals surface area (Å²) in [7, 11) is 0. The van der Waals surface area contributed by atoms with Crippen molar-refractivity contribution in [2.24, 2.45) is 5.73 Å². The third-order valence-electron chi connectivity index (χ3n) is 3.74. The monoisotopic (exact) mass is 316 g/mol. The zero-order chi connectivity index (χ0) is 13.7. The molecular formula is C15H22Cl2N2O. The van der Waals surface area contributed by atoms with Crippen LogP contribution in [0.4, 0.5) is 0 Å². The van der Waals surface area contributed by atoms with Gasteiger partial charge in [-0.2, -0.15) is 0 Å². The maximum Gasteiger partial charge on any atom is 0.224 e. The first-order valence-corrected chi connectivity index (χ1v) is 7.33. The second-order valence-corrected chi connectivity index (χ2v) is 5.50. The molecule has 0 atom stereocenters. The quantitative estimate of drug-likeness (QED) is 0.905. The maximum atomic E-state index is 12.2. The summed E-state index contributed by atoms with van der Waals surface area (Å²) < 4.78 is 0. The Balaban J connectivity index is 0.00000200. The summed E-state index contributed by atoms with van der Waals surface area (Å²) >= 11 is 6.19. The summed E-state index contributed by atoms with van der Waals surface area (Å²) in [5.41, 5.74) is 6.53. The molecule has 3 nitrogen and oxygen atoms in total. The van der Waals surface area contributed by atoms with Crippen LogP contribution in [-0.4, -0.2) is 23.4 Å². The number of rotatable bonds is 5. The molecule has 112 valence electrons. The van der Waals surface area contributed by atoms with Gasteiger partial charge in [0, 0.05) is 30.6 Å². The average Bonchev–Trinajstić information content (AvgIpc) is 2.91. The molecule has 0 saturated heterocycles. The van der Waals surface area contributed by atoms with Crippen LogP contribution >= 0.6 is 24.0 Å². The van der Waals surface area contributed by atoms with Crippen molar-refractivity contribution in [2.75, 3.05) is 6.54 Å². The molecule has 0 unspecified atom stereocenters. The topological polar surface area (TPSA) is 46.3 Å². The number of nitrogens with two attached hydrogens (primary N) is 1. The molecule has 20 heavy (non-hydrogen) atoms. The lowest BCUT2D eigenvalue weighted by molar-refractivity contribution is -0.133. The first-order chi connectivity index (χ1) is 9.22. The van der Waals surface area contributed by atoms with Crippen molar-refractivity contribution in [3.8, 4) is 0 Å². The molecule has 0 heterocycles. The standard InChI is InChI=1S/C15H21ClN2O.ClH/c16-14-8-4-1-5-12(14)11-18(15(19)9-10-17)13-6-2-3-7-13;/h1,4-5,8,13H,2-3,6-7,9-11,17H2;1H. The van der Waals surface area contributed by atoms with Gasteiger partial charge < -0.3 is 10.6 Å². The summed E-state index contributed by atoms with van der Waals surface area (Å²) in [6, 6.07) is 8.08. The predicted molar refractivity (Wildman–Crippen MR) is 85.2 cm³/mol. The molecular weight excluding hydrogens is 295 g/mol. The van der Waals surface area contributed by atoms with Crippen LogP contribution in [0.1, 0.15) is 37.7 Å². The van der Waals surface area contributed by atoms with Gasteiger partial charge in [0.1, 0.15) is 0 Å². The lowest BCUT2D eigenvalue weighted by Crippen LogP contribution is -2.39. The Kier molecular flexibility index (Phi) is 7.35. The molecule has 1 fully saturated rings. The highest BCUT2D eigenvalue weighted by molar-refractivity contribution is 6.31. The van der Waals surface area contributed by atoms with Crippen LogP contribution in [0, 0.1) is 0 Å². The molecule has 1 aromatic carbocycles. The van der Waals surface area contributed by atoms with Gasteiger partial charge in [0.05, 0.1) is 0 Å². The third kappa shape index (κ3) is 4.37. The molecule has 1 amide bonds. The molecule has 1 aliphatic rings. The van der Waals surface area contributed by atoms with Crippen LogP contribution in [0.15, 0.2) is 24.3 Å². The van der Waals surface area contributed by atoms with E-state index in [4.69, 9.17) is 17.3 Å². The molecule has 2 rings (SSSR count). The van der Waals surface area contributed by atoms with Crippen molar-refractivity contribution in [1.29, 1.82) is 0 Å². The average molecular weight is 317 g/mol. The molecule has 0 aliphatic heterocycles. The van der Waals surface area contributed by atoms with E-state index in [1.54, 1.807) is 0 Å². The van der Waals surface area contributed by atoms with E-state index in [1.165, 1.54) is 12.8 Å². The molecule has 5 heteroatoms. The molecule has 0 aromatic heterocycles. The second kappa shape index (κ2) is 8.50. The first-order valence-electron chi connectivity index (χ1n) is 6.95. The van der Waals surface area contributed by atoms with Crippen LogP contribution in [0.25, 0.3) is 0 Å². The zero-order valence-corrected chi connectivity index (χ0v) is 13.1. The van der Waals surface area contributed by atoms with Crippen molar-refractivity contribution >= 4 is 29.9 Å². The highest BCUT2D eigenvalue weighted by Crippen LogP contribution is 2.27. The molecule has 2 N–H and O–H groups in total. The van der Waals surface area contributed by atoms with Gasteiger partial charge in [-0.05, 0) is 24.5 Å². The molecule has 0 radical (unpaired) electrons. The Hall–Kier alpha value is -0.770.